The number of likely N-dealkylation sites (tertiary alicyclic amines) is 1. The predicted molar refractivity (Wildman–Crippen MR) is 87.7 cm³/mol. The fourth-order valence-electron chi connectivity index (χ4n) is 3.11. The van der Waals surface area contributed by atoms with Crippen LogP contribution in [0.15, 0.2) is 35.9 Å². The molecule has 114 valence electrons. The van der Waals surface area contributed by atoms with Crippen LogP contribution in [0.1, 0.15) is 38.2 Å². The van der Waals surface area contributed by atoms with E-state index in [0.717, 1.165) is 26.1 Å². The fourth-order valence-corrected chi connectivity index (χ4v) is 3.11. The summed E-state index contributed by atoms with van der Waals surface area (Å²) in [6.45, 7) is 5.46. The van der Waals surface area contributed by atoms with Crippen molar-refractivity contribution in [2.75, 3.05) is 19.6 Å². The van der Waals surface area contributed by atoms with E-state index >= 15 is 0 Å². The number of carbonyl (C=O) groups excluding carboxylic acids is 1. The first-order valence-corrected chi connectivity index (χ1v) is 7.86. The topological polar surface area (TPSA) is 46.3 Å². The van der Waals surface area contributed by atoms with Crippen LogP contribution < -0.4 is 5.73 Å². The third-order valence-corrected chi connectivity index (χ3v) is 4.09. The van der Waals surface area contributed by atoms with Crippen LogP contribution in [0.2, 0.25) is 0 Å². The van der Waals surface area contributed by atoms with Crippen LogP contribution in [0.25, 0.3) is 6.08 Å². The minimum Gasteiger partial charge on any atom is -0.370 e. The Morgan fingerprint density at radius 2 is 2.14 bits per heavy atom. The lowest BCUT2D eigenvalue weighted by molar-refractivity contribution is -0.118. The van der Waals surface area contributed by atoms with E-state index in [1.165, 1.54) is 24.0 Å². The Hall–Kier alpha value is -1.61. The second-order valence-corrected chi connectivity index (χ2v) is 6.15. The largest absolute Gasteiger partial charge is 0.370 e. The molecule has 0 radical (unpaired) electrons. The van der Waals surface area contributed by atoms with Gasteiger partial charge < -0.3 is 5.73 Å². The van der Waals surface area contributed by atoms with Crippen LogP contribution in [0, 0.1) is 5.92 Å². The summed E-state index contributed by atoms with van der Waals surface area (Å²) >= 11 is 0. The highest BCUT2D eigenvalue weighted by Crippen LogP contribution is 2.21. The van der Waals surface area contributed by atoms with Crippen LogP contribution in [-0.2, 0) is 4.79 Å². The summed E-state index contributed by atoms with van der Waals surface area (Å²) in [5, 5.41) is 0. The lowest BCUT2D eigenvalue weighted by atomic mass is 9.93. The molecule has 2 N–H and O–H groups in total. The van der Waals surface area contributed by atoms with E-state index in [0.29, 0.717) is 12.3 Å². The van der Waals surface area contributed by atoms with Crippen molar-refractivity contribution < 1.29 is 4.79 Å². The zero-order chi connectivity index (χ0) is 15.1. The fraction of sp³-hybridized carbons (Fsp3) is 0.500. The zero-order valence-electron chi connectivity index (χ0n) is 12.9. The Balaban J connectivity index is 1.84. The molecule has 1 aromatic carbocycles. The molecule has 1 atom stereocenters. The summed E-state index contributed by atoms with van der Waals surface area (Å²) in [4.78, 5) is 13.4. The Morgan fingerprint density at radius 3 is 2.86 bits per heavy atom. The minimum atomic E-state index is -0.174. The van der Waals surface area contributed by atoms with Crippen molar-refractivity contribution in [2.24, 2.45) is 11.7 Å². The molecule has 1 heterocycles. The molecule has 1 unspecified atom stereocenters. The Kier molecular flexibility index (Phi) is 6.00. The van der Waals surface area contributed by atoms with Crippen molar-refractivity contribution in [2.45, 2.75) is 32.6 Å². The molecule has 1 aliphatic heterocycles. The summed E-state index contributed by atoms with van der Waals surface area (Å²) in [7, 11) is 0. The molecule has 3 heteroatoms. The van der Waals surface area contributed by atoms with Crippen LogP contribution in [-0.4, -0.2) is 30.4 Å². The molecule has 3 nitrogen and oxygen atoms in total. The van der Waals surface area contributed by atoms with E-state index in [1.54, 1.807) is 0 Å². The Bertz CT molecular complexity index is 481. The second-order valence-electron chi connectivity index (χ2n) is 6.15. The third kappa shape index (κ3) is 5.72. The van der Waals surface area contributed by atoms with Gasteiger partial charge in [0.1, 0.15) is 0 Å². The minimum absolute atomic E-state index is 0.174. The van der Waals surface area contributed by atoms with Gasteiger partial charge in [0.15, 0.2) is 0 Å². The van der Waals surface area contributed by atoms with Crippen molar-refractivity contribution in [3.05, 3.63) is 41.5 Å². The number of benzene rings is 1. The van der Waals surface area contributed by atoms with E-state index in [-0.39, 0.29) is 5.91 Å². The number of rotatable bonds is 6. The average Bonchev–Trinajstić information content (AvgIpc) is 2.46. The van der Waals surface area contributed by atoms with Gasteiger partial charge >= 0.3 is 0 Å². The van der Waals surface area contributed by atoms with Crippen LogP contribution in [0.3, 0.4) is 0 Å². The number of hydrogen-bond acceptors (Lipinski definition) is 2. The van der Waals surface area contributed by atoms with Gasteiger partial charge in [-0.3, -0.25) is 9.69 Å². The normalized spacial score (nSPS) is 20.4. The first kappa shape index (κ1) is 15.8. The first-order valence-electron chi connectivity index (χ1n) is 7.86. The average molecular weight is 286 g/mol. The number of hydrogen-bond donors (Lipinski definition) is 1. The van der Waals surface area contributed by atoms with Gasteiger partial charge in [0, 0.05) is 19.5 Å². The maximum absolute atomic E-state index is 10.9. The van der Waals surface area contributed by atoms with Gasteiger partial charge in [-0.25, -0.2) is 0 Å². The van der Waals surface area contributed by atoms with Gasteiger partial charge in [-0.2, -0.15) is 0 Å². The quantitative estimate of drug-likeness (QED) is 0.873. The van der Waals surface area contributed by atoms with E-state index < -0.39 is 0 Å². The van der Waals surface area contributed by atoms with Gasteiger partial charge in [0.2, 0.25) is 5.91 Å². The highest BCUT2D eigenvalue weighted by atomic mass is 16.1. The molecule has 0 aromatic heterocycles. The maximum atomic E-state index is 10.9. The molecule has 1 saturated heterocycles. The molecule has 1 aliphatic rings. The monoisotopic (exact) mass is 286 g/mol. The number of primary amides is 1. The molecular formula is C18H26N2O. The van der Waals surface area contributed by atoms with Crippen LogP contribution in [0.5, 0.6) is 0 Å². The van der Waals surface area contributed by atoms with Crippen molar-refractivity contribution in [3.63, 3.8) is 0 Å². The molecule has 0 bridgehead atoms. The van der Waals surface area contributed by atoms with Gasteiger partial charge in [-0.1, -0.05) is 42.0 Å². The molecular weight excluding hydrogens is 260 g/mol. The summed E-state index contributed by atoms with van der Waals surface area (Å²) in [6, 6.07) is 10.4. The summed E-state index contributed by atoms with van der Waals surface area (Å²) in [6.07, 6.45) is 6.17. The van der Waals surface area contributed by atoms with E-state index in [2.05, 4.69) is 42.2 Å². The predicted octanol–water partition coefficient (Wildman–Crippen LogP) is 3.07. The van der Waals surface area contributed by atoms with Crippen LogP contribution in [0.4, 0.5) is 0 Å². The Morgan fingerprint density at radius 1 is 1.38 bits per heavy atom. The molecule has 0 saturated carbocycles. The molecule has 1 amide bonds. The van der Waals surface area contributed by atoms with E-state index in [9.17, 15) is 4.79 Å². The van der Waals surface area contributed by atoms with Crippen molar-refractivity contribution in [1.82, 2.24) is 4.90 Å². The highest BCUT2D eigenvalue weighted by molar-refractivity contribution is 5.73. The van der Waals surface area contributed by atoms with Crippen molar-refractivity contribution in [3.8, 4) is 0 Å². The summed E-state index contributed by atoms with van der Waals surface area (Å²) in [5.74, 6) is 0.447. The molecule has 2 rings (SSSR count). The zero-order valence-corrected chi connectivity index (χ0v) is 12.9. The van der Waals surface area contributed by atoms with Gasteiger partial charge in [0.05, 0.1) is 0 Å². The number of nitrogens with two attached hydrogens (primary N) is 1. The molecule has 0 aliphatic carbocycles. The molecule has 1 fully saturated rings. The van der Waals surface area contributed by atoms with E-state index in [1.807, 2.05) is 6.07 Å². The molecule has 21 heavy (non-hydrogen) atoms. The molecule has 1 aromatic rings. The number of carbonyl (C=O) groups is 1. The smallest absolute Gasteiger partial charge is 0.217 e. The van der Waals surface area contributed by atoms with Gasteiger partial charge in [-0.15, -0.1) is 0 Å². The standard InChI is InChI=1S/C18H26N2O/c1-15(12-16-6-3-2-4-7-16)13-20-11-5-8-17(14-20)9-10-18(19)21/h2-4,6-7,12,17H,5,8-11,13-14H2,1H3,(H2,19,21)/b15-12+. The number of piperidine rings is 1. The van der Waals surface area contributed by atoms with Gasteiger partial charge in [0.25, 0.3) is 0 Å². The van der Waals surface area contributed by atoms with Crippen molar-refractivity contribution >= 4 is 12.0 Å². The van der Waals surface area contributed by atoms with Crippen LogP contribution >= 0.6 is 0 Å². The lowest BCUT2D eigenvalue weighted by Crippen LogP contribution is -2.36. The molecule has 0 spiro atoms. The SMILES string of the molecule is C/C(=C\c1ccccc1)CN1CCCC(CCC(N)=O)C1. The number of nitrogens with zero attached hydrogens (tertiary/aromatic N) is 1. The van der Waals surface area contributed by atoms with Gasteiger partial charge in [-0.05, 0) is 44.2 Å². The summed E-state index contributed by atoms with van der Waals surface area (Å²) in [5.41, 5.74) is 7.90. The third-order valence-electron chi connectivity index (χ3n) is 4.09. The van der Waals surface area contributed by atoms with E-state index in [4.69, 9.17) is 5.73 Å². The summed E-state index contributed by atoms with van der Waals surface area (Å²) < 4.78 is 0. The highest BCUT2D eigenvalue weighted by Gasteiger charge is 2.20. The maximum Gasteiger partial charge on any atom is 0.217 e. The first-order chi connectivity index (χ1) is 10.1. The lowest BCUT2D eigenvalue weighted by Gasteiger charge is -2.32. The van der Waals surface area contributed by atoms with Crippen molar-refractivity contribution in [1.29, 1.82) is 0 Å². The number of amides is 1. The Labute approximate surface area is 127 Å². The second kappa shape index (κ2) is 7.99.